The molecule has 1 atom stereocenters. The summed E-state index contributed by atoms with van der Waals surface area (Å²) in [6.45, 7) is 9.48. The van der Waals surface area contributed by atoms with Crippen molar-refractivity contribution >= 4 is 11.4 Å². The van der Waals surface area contributed by atoms with Gasteiger partial charge < -0.3 is 10.2 Å². The summed E-state index contributed by atoms with van der Waals surface area (Å²) < 4.78 is 0. The molecule has 2 heterocycles. The summed E-state index contributed by atoms with van der Waals surface area (Å²) in [6.07, 6.45) is 6.45. The number of anilines is 2. The lowest BCUT2D eigenvalue weighted by molar-refractivity contribution is 0.238. The highest BCUT2D eigenvalue weighted by molar-refractivity contribution is 5.62. The monoisotopic (exact) mass is 272 g/mol. The van der Waals surface area contributed by atoms with Crippen molar-refractivity contribution in [2.24, 2.45) is 5.41 Å². The first-order valence-corrected chi connectivity index (χ1v) is 8.24. The lowest BCUT2D eigenvalue weighted by atomic mass is 9.78. The zero-order chi connectivity index (χ0) is 14.2. The molecule has 0 bridgehead atoms. The molecule has 0 spiro atoms. The molecule has 1 N–H and O–H groups in total. The molecule has 1 aromatic carbocycles. The van der Waals surface area contributed by atoms with Crippen LogP contribution in [0.25, 0.3) is 0 Å². The summed E-state index contributed by atoms with van der Waals surface area (Å²) in [5.74, 6) is 0. The second-order valence-electron chi connectivity index (χ2n) is 7.08. The number of piperidine rings is 1. The molecular weight excluding hydrogens is 244 g/mol. The zero-order valence-corrected chi connectivity index (χ0v) is 13.2. The van der Waals surface area contributed by atoms with Gasteiger partial charge >= 0.3 is 0 Å². The van der Waals surface area contributed by atoms with E-state index in [1.54, 1.807) is 0 Å². The average Bonchev–Trinajstić information content (AvgIpc) is 2.47. The third kappa shape index (κ3) is 2.65. The Morgan fingerprint density at radius 3 is 2.75 bits per heavy atom. The number of fused-ring (bicyclic) bond motifs is 1. The van der Waals surface area contributed by atoms with Crippen molar-refractivity contribution in [3.8, 4) is 0 Å². The summed E-state index contributed by atoms with van der Waals surface area (Å²) in [5.41, 5.74) is 4.85. The maximum atomic E-state index is 3.59. The van der Waals surface area contributed by atoms with Gasteiger partial charge in [0.15, 0.2) is 0 Å². The average molecular weight is 272 g/mol. The van der Waals surface area contributed by atoms with E-state index < -0.39 is 0 Å². The van der Waals surface area contributed by atoms with E-state index in [1.807, 2.05) is 0 Å². The van der Waals surface area contributed by atoms with Gasteiger partial charge in [0.2, 0.25) is 0 Å². The van der Waals surface area contributed by atoms with Crippen molar-refractivity contribution < 1.29 is 0 Å². The molecule has 2 aliphatic heterocycles. The molecular formula is C18H28N2. The molecule has 1 saturated heterocycles. The van der Waals surface area contributed by atoms with Crippen molar-refractivity contribution in [3.05, 3.63) is 23.8 Å². The van der Waals surface area contributed by atoms with Gasteiger partial charge in [0.25, 0.3) is 0 Å². The van der Waals surface area contributed by atoms with Gasteiger partial charge in [0.05, 0.1) is 0 Å². The smallest absolute Gasteiger partial charge is 0.0376 e. The molecule has 0 aliphatic carbocycles. The summed E-state index contributed by atoms with van der Waals surface area (Å²) in [5, 5.41) is 3.59. The molecule has 0 radical (unpaired) electrons. The van der Waals surface area contributed by atoms with Crippen LogP contribution in [-0.4, -0.2) is 19.1 Å². The first kappa shape index (κ1) is 13.8. The number of hydrogen-bond acceptors (Lipinski definition) is 2. The highest BCUT2D eigenvalue weighted by Crippen LogP contribution is 2.37. The highest BCUT2D eigenvalue weighted by Gasteiger charge is 2.28. The van der Waals surface area contributed by atoms with E-state index in [9.17, 15) is 0 Å². The maximum absolute atomic E-state index is 3.59. The topological polar surface area (TPSA) is 15.3 Å². The normalized spacial score (nSPS) is 24.9. The minimum Gasteiger partial charge on any atom is -0.382 e. The summed E-state index contributed by atoms with van der Waals surface area (Å²) in [7, 11) is 0. The number of benzene rings is 1. The molecule has 1 unspecified atom stereocenters. The first-order valence-electron chi connectivity index (χ1n) is 8.24. The molecule has 0 amide bonds. The molecule has 2 heteroatoms. The molecule has 0 saturated carbocycles. The lowest BCUT2D eigenvalue weighted by Crippen LogP contribution is -2.38. The molecule has 1 fully saturated rings. The van der Waals surface area contributed by atoms with Gasteiger partial charge in [-0.15, -0.1) is 0 Å². The van der Waals surface area contributed by atoms with Crippen LogP contribution in [0.2, 0.25) is 0 Å². The SMILES string of the molecule is CCC1(C)CCN(c2ccc3c(c2)CCC(C)N3)CC1. The Morgan fingerprint density at radius 1 is 1.30 bits per heavy atom. The van der Waals surface area contributed by atoms with Crippen LogP contribution >= 0.6 is 0 Å². The Bertz CT molecular complexity index is 472. The van der Waals surface area contributed by atoms with Crippen LogP contribution in [0.4, 0.5) is 11.4 Å². The van der Waals surface area contributed by atoms with Crippen LogP contribution < -0.4 is 10.2 Å². The van der Waals surface area contributed by atoms with Crippen LogP contribution in [0.3, 0.4) is 0 Å². The van der Waals surface area contributed by atoms with E-state index in [-0.39, 0.29) is 0 Å². The third-order valence-electron chi connectivity index (χ3n) is 5.53. The molecule has 20 heavy (non-hydrogen) atoms. The molecule has 2 nitrogen and oxygen atoms in total. The van der Waals surface area contributed by atoms with Gasteiger partial charge in [-0.1, -0.05) is 20.3 Å². The highest BCUT2D eigenvalue weighted by atomic mass is 15.1. The largest absolute Gasteiger partial charge is 0.382 e. The van der Waals surface area contributed by atoms with Gasteiger partial charge in [-0.3, -0.25) is 0 Å². The Hall–Kier alpha value is -1.18. The van der Waals surface area contributed by atoms with Gasteiger partial charge in [-0.05, 0) is 61.8 Å². The second kappa shape index (κ2) is 5.31. The first-order chi connectivity index (χ1) is 9.59. The molecule has 3 rings (SSSR count). The predicted molar refractivity (Wildman–Crippen MR) is 87.7 cm³/mol. The van der Waals surface area contributed by atoms with Crippen molar-refractivity contribution in [3.63, 3.8) is 0 Å². The predicted octanol–water partition coefficient (Wildman–Crippen LogP) is 4.45. The number of hydrogen-bond donors (Lipinski definition) is 1. The van der Waals surface area contributed by atoms with Gasteiger partial charge in [-0.25, -0.2) is 0 Å². The molecule has 0 aromatic heterocycles. The Labute approximate surface area is 123 Å². The quantitative estimate of drug-likeness (QED) is 0.855. The second-order valence-corrected chi connectivity index (χ2v) is 7.08. The van der Waals surface area contributed by atoms with Crippen molar-refractivity contribution in [1.29, 1.82) is 0 Å². The molecule has 1 aromatic rings. The van der Waals surface area contributed by atoms with Crippen molar-refractivity contribution in [2.45, 2.75) is 58.9 Å². The minimum atomic E-state index is 0.571. The zero-order valence-electron chi connectivity index (χ0n) is 13.2. The Kier molecular flexibility index (Phi) is 3.66. The number of rotatable bonds is 2. The summed E-state index contributed by atoms with van der Waals surface area (Å²) >= 11 is 0. The molecule has 2 aliphatic rings. The Balaban J connectivity index is 1.73. The van der Waals surface area contributed by atoms with Crippen LogP contribution in [0.15, 0.2) is 18.2 Å². The van der Waals surface area contributed by atoms with Crippen LogP contribution in [-0.2, 0) is 6.42 Å². The van der Waals surface area contributed by atoms with Gasteiger partial charge in [-0.2, -0.15) is 0 Å². The number of nitrogens with zero attached hydrogens (tertiary/aromatic N) is 1. The van der Waals surface area contributed by atoms with Crippen LogP contribution in [0.1, 0.15) is 52.0 Å². The van der Waals surface area contributed by atoms with E-state index in [4.69, 9.17) is 0 Å². The van der Waals surface area contributed by atoms with Gasteiger partial charge in [0, 0.05) is 30.5 Å². The van der Waals surface area contributed by atoms with E-state index in [0.717, 1.165) is 0 Å². The van der Waals surface area contributed by atoms with Crippen LogP contribution in [0.5, 0.6) is 0 Å². The van der Waals surface area contributed by atoms with Crippen molar-refractivity contribution in [2.75, 3.05) is 23.3 Å². The maximum Gasteiger partial charge on any atom is 0.0376 e. The fraction of sp³-hybridized carbons (Fsp3) is 0.667. The third-order valence-corrected chi connectivity index (χ3v) is 5.53. The number of nitrogens with one attached hydrogen (secondary N) is 1. The van der Waals surface area contributed by atoms with Crippen molar-refractivity contribution in [1.82, 2.24) is 0 Å². The van der Waals surface area contributed by atoms with E-state index in [2.05, 4.69) is 49.2 Å². The molecule has 110 valence electrons. The fourth-order valence-electron chi connectivity index (χ4n) is 3.49. The van der Waals surface area contributed by atoms with Gasteiger partial charge in [0.1, 0.15) is 0 Å². The summed E-state index contributed by atoms with van der Waals surface area (Å²) in [4.78, 5) is 2.58. The minimum absolute atomic E-state index is 0.571. The van der Waals surface area contributed by atoms with E-state index >= 15 is 0 Å². The lowest BCUT2D eigenvalue weighted by Gasteiger charge is -2.40. The Morgan fingerprint density at radius 2 is 2.05 bits per heavy atom. The van der Waals surface area contributed by atoms with Crippen LogP contribution in [0, 0.1) is 5.41 Å². The van der Waals surface area contributed by atoms with E-state index in [1.165, 1.54) is 62.1 Å². The number of aryl methyl sites for hydroxylation is 1. The fourth-order valence-corrected chi connectivity index (χ4v) is 3.49. The van der Waals surface area contributed by atoms with E-state index in [0.29, 0.717) is 11.5 Å². The summed E-state index contributed by atoms with van der Waals surface area (Å²) in [6, 6.07) is 7.63. The standard InChI is InChI=1S/C18H28N2/c1-4-18(3)9-11-20(12-10-18)16-7-8-17-15(13-16)6-5-14(2)19-17/h7-8,13-14,19H,4-6,9-12H2,1-3H3.